The van der Waals surface area contributed by atoms with Crippen molar-refractivity contribution in [3.05, 3.63) is 58.5 Å². The van der Waals surface area contributed by atoms with Crippen LogP contribution in [0, 0.1) is 6.92 Å². The van der Waals surface area contributed by atoms with Gasteiger partial charge in [-0.25, -0.2) is 0 Å². The Morgan fingerprint density at radius 3 is 2.36 bits per heavy atom. The quantitative estimate of drug-likeness (QED) is 0.588. The van der Waals surface area contributed by atoms with Gasteiger partial charge in [-0.15, -0.1) is 0 Å². The molecule has 0 N–H and O–H groups in total. The highest BCUT2D eigenvalue weighted by Gasteiger charge is 2.33. The second-order valence-electron chi connectivity index (χ2n) is 5.47. The fourth-order valence-electron chi connectivity index (χ4n) is 2.48. The van der Waals surface area contributed by atoms with E-state index in [0.29, 0.717) is 20.7 Å². The minimum atomic E-state index is -0.117. The molecule has 6 heteroatoms. The van der Waals surface area contributed by atoms with Gasteiger partial charge in [-0.3, -0.25) is 9.69 Å². The van der Waals surface area contributed by atoms with E-state index >= 15 is 0 Å². The van der Waals surface area contributed by atoms with E-state index < -0.39 is 0 Å². The average molecular weight is 371 g/mol. The molecule has 25 heavy (non-hydrogen) atoms. The van der Waals surface area contributed by atoms with E-state index in [4.69, 9.17) is 21.7 Å². The van der Waals surface area contributed by atoms with Crippen LogP contribution in [0.4, 0.5) is 5.69 Å². The van der Waals surface area contributed by atoms with Gasteiger partial charge in [0, 0.05) is 0 Å². The van der Waals surface area contributed by atoms with E-state index in [1.807, 2.05) is 55.5 Å². The summed E-state index contributed by atoms with van der Waals surface area (Å²) in [4.78, 5) is 14.9. The number of rotatable bonds is 4. The van der Waals surface area contributed by atoms with E-state index in [0.717, 1.165) is 16.8 Å². The largest absolute Gasteiger partial charge is 0.493 e. The Morgan fingerprint density at radius 1 is 1.04 bits per heavy atom. The summed E-state index contributed by atoms with van der Waals surface area (Å²) in [7, 11) is 3.17. The third-order valence-electron chi connectivity index (χ3n) is 3.79. The number of carbonyl (C=O) groups is 1. The summed E-state index contributed by atoms with van der Waals surface area (Å²) in [5.74, 6) is 1.14. The number of nitrogens with zero attached hydrogens (tertiary/aromatic N) is 1. The zero-order chi connectivity index (χ0) is 18.0. The second-order valence-corrected chi connectivity index (χ2v) is 7.14. The molecule has 2 aromatic carbocycles. The molecule has 0 spiro atoms. The lowest BCUT2D eigenvalue weighted by molar-refractivity contribution is -0.113. The van der Waals surface area contributed by atoms with Crippen molar-refractivity contribution in [1.82, 2.24) is 0 Å². The maximum atomic E-state index is 12.8. The van der Waals surface area contributed by atoms with E-state index in [1.165, 1.54) is 11.8 Å². The zero-order valence-electron chi connectivity index (χ0n) is 14.1. The molecule has 0 radical (unpaired) electrons. The molecule has 1 aliphatic rings. The van der Waals surface area contributed by atoms with Crippen LogP contribution in [-0.4, -0.2) is 24.4 Å². The van der Waals surface area contributed by atoms with Gasteiger partial charge in [0.15, 0.2) is 15.8 Å². The highest BCUT2D eigenvalue weighted by Crippen LogP contribution is 2.37. The highest BCUT2D eigenvalue weighted by molar-refractivity contribution is 8.27. The van der Waals surface area contributed by atoms with Gasteiger partial charge in [-0.1, -0.05) is 47.7 Å². The third-order valence-corrected chi connectivity index (χ3v) is 5.09. The number of carbonyl (C=O) groups excluding carboxylic acids is 1. The lowest BCUT2D eigenvalue weighted by Gasteiger charge is -2.14. The molecule has 4 nitrogen and oxygen atoms in total. The molecule has 1 saturated heterocycles. The minimum absolute atomic E-state index is 0.117. The predicted molar refractivity (Wildman–Crippen MR) is 106 cm³/mol. The molecular weight excluding hydrogens is 354 g/mol. The van der Waals surface area contributed by atoms with E-state index in [-0.39, 0.29) is 5.91 Å². The molecule has 128 valence electrons. The number of hydrogen-bond donors (Lipinski definition) is 0. The van der Waals surface area contributed by atoms with Crippen LogP contribution in [-0.2, 0) is 4.79 Å². The van der Waals surface area contributed by atoms with Gasteiger partial charge < -0.3 is 9.47 Å². The number of aryl methyl sites for hydroxylation is 1. The van der Waals surface area contributed by atoms with Crippen molar-refractivity contribution < 1.29 is 14.3 Å². The van der Waals surface area contributed by atoms with Crippen LogP contribution in [0.3, 0.4) is 0 Å². The molecule has 1 fully saturated rings. The fourth-order valence-corrected chi connectivity index (χ4v) is 3.78. The fraction of sp³-hybridized carbons (Fsp3) is 0.158. The van der Waals surface area contributed by atoms with Gasteiger partial charge in [-0.2, -0.15) is 0 Å². The standard InChI is InChI=1S/C19H17NO3S2/c1-12-4-7-14(8-5-12)20-18(21)17(25-19(20)24)11-13-6-9-15(22-2)16(10-13)23-3/h4-11H,1-3H3/b17-11+. The summed E-state index contributed by atoms with van der Waals surface area (Å²) in [6.07, 6.45) is 1.81. The topological polar surface area (TPSA) is 38.8 Å². The average Bonchev–Trinajstić information content (AvgIpc) is 2.89. The lowest BCUT2D eigenvalue weighted by atomic mass is 10.1. The van der Waals surface area contributed by atoms with E-state index in [1.54, 1.807) is 19.1 Å². The molecule has 0 aromatic heterocycles. The Hall–Kier alpha value is -2.31. The lowest BCUT2D eigenvalue weighted by Crippen LogP contribution is -2.27. The number of benzene rings is 2. The first-order valence-electron chi connectivity index (χ1n) is 7.60. The molecule has 1 heterocycles. The van der Waals surface area contributed by atoms with Crippen LogP contribution in [0.25, 0.3) is 6.08 Å². The maximum absolute atomic E-state index is 12.8. The van der Waals surface area contributed by atoms with Gasteiger partial charge in [-0.05, 0) is 42.8 Å². The van der Waals surface area contributed by atoms with Crippen LogP contribution >= 0.6 is 24.0 Å². The number of amides is 1. The Morgan fingerprint density at radius 2 is 1.72 bits per heavy atom. The summed E-state index contributed by atoms with van der Waals surface area (Å²) in [5.41, 5.74) is 2.76. The van der Waals surface area contributed by atoms with Crippen molar-refractivity contribution in [2.45, 2.75) is 6.92 Å². The maximum Gasteiger partial charge on any atom is 0.270 e. The zero-order valence-corrected chi connectivity index (χ0v) is 15.7. The SMILES string of the molecule is COc1ccc(/C=C2/SC(=S)N(c3ccc(C)cc3)C2=O)cc1OC. The van der Waals surface area contributed by atoms with Gasteiger partial charge in [0.05, 0.1) is 24.8 Å². The number of ether oxygens (including phenoxy) is 2. The van der Waals surface area contributed by atoms with Crippen LogP contribution < -0.4 is 14.4 Å². The van der Waals surface area contributed by atoms with E-state index in [2.05, 4.69) is 0 Å². The van der Waals surface area contributed by atoms with Crippen molar-refractivity contribution in [3.8, 4) is 11.5 Å². The van der Waals surface area contributed by atoms with Gasteiger partial charge in [0.2, 0.25) is 0 Å². The number of hydrogen-bond acceptors (Lipinski definition) is 5. The molecule has 2 aromatic rings. The van der Waals surface area contributed by atoms with Crippen LogP contribution in [0.15, 0.2) is 47.4 Å². The number of methoxy groups -OCH3 is 2. The van der Waals surface area contributed by atoms with Gasteiger partial charge >= 0.3 is 0 Å². The Kier molecular flexibility index (Phi) is 5.11. The summed E-state index contributed by atoms with van der Waals surface area (Å²) in [5, 5.41) is 0. The second kappa shape index (κ2) is 7.29. The highest BCUT2D eigenvalue weighted by atomic mass is 32.2. The van der Waals surface area contributed by atoms with Crippen molar-refractivity contribution in [1.29, 1.82) is 0 Å². The first kappa shape index (κ1) is 17.5. The van der Waals surface area contributed by atoms with Crippen molar-refractivity contribution in [3.63, 3.8) is 0 Å². The first-order valence-corrected chi connectivity index (χ1v) is 8.82. The molecule has 1 aliphatic heterocycles. The van der Waals surface area contributed by atoms with Crippen LogP contribution in [0.2, 0.25) is 0 Å². The summed E-state index contributed by atoms with van der Waals surface area (Å²) >= 11 is 6.69. The van der Waals surface area contributed by atoms with Crippen molar-refractivity contribution >= 4 is 46.0 Å². The van der Waals surface area contributed by atoms with E-state index in [9.17, 15) is 4.79 Å². The molecule has 0 unspecified atom stereocenters. The molecular formula is C19H17NO3S2. The summed E-state index contributed by atoms with van der Waals surface area (Å²) in [6.45, 7) is 2.01. The molecule has 0 aliphatic carbocycles. The molecule has 1 amide bonds. The summed E-state index contributed by atoms with van der Waals surface area (Å²) in [6, 6.07) is 13.2. The molecule has 0 bridgehead atoms. The minimum Gasteiger partial charge on any atom is -0.493 e. The Bertz CT molecular complexity index is 859. The molecule has 3 rings (SSSR count). The normalized spacial score (nSPS) is 15.8. The monoisotopic (exact) mass is 371 g/mol. The number of anilines is 1. The number of thioether (sulfide) groups is 1. The Labute approximate surface area is 156 Å². The van der Waals surface area contributed by atoms with Crippen LogP contribution in [0.5, 0.6) is 11.5 Å². The van der Waals surface area contributed by atoms with Crippen LogP contribution in [0.1, 0.15) is 11.1 Å². The number of thiocarbonyl (C=S) groups is 1. The van der Waals surface area contributed by atoms with Gasteiger partial charge in [0.1, 0.15) is 0 Å². The predicted octanol–water partition coefficient (Wildman–Crippen LogP) is 4.42. The van der Waals surface area contributed by atoms with Crippen molar-refractivity contribution in [2.75, 3.05) is 19.1 Å². The third kappa shape index (κ3) is 3.55. The molecule has 0 saturated carbocycles. The molecule has 0 atom stereocenters. The smallest absolute Gasteiger partial charge is 0.270 e. The summed E-state index contributed by atoms with van der Waals surface area (Å²) < 4.78 is 11.1. The van der Waals surface area contributed by atoms with Gasteiger partial charge in [0.25, 0.3) is 5.91 Å². The van der Waals surface area contributed by atoms with Crippen molar-refractivity contribution in [2.24, 2.45) is 0 Å². The Balaban J connectivity index is 1.91. The first-order chi connectivity index (χ1) is 12.0.